The molecule has 3 nitrogen and oxygen atoms in total. The predicted octanol–water partition coefficient (Wildman–Crippen LogP) is 4.45. The van der Waals surface area contributed by atoms with Crippen molar-refractivity contribution in [1.82, 2.24) is 4.90 Å². The van der Waals surface area contributed by atoms with E-state index < -0.39 is 0 Å². The smallest absolute Gasteiger partial charge is 0.108 e. The van der Waals surface area contributed by atoms with Crippen LogP contribution in [0.15, 0.2) is 23.2 Å². The monoisotopic (exact) mass is 308 g/mol. The summed E-state index contributed by atoms with van der Waals surface area (Å²) in [7, 11) is 0. The van der Waals surface area contributed by atoms with Gasteiger partial charge in [0.2, 0.25) is 0 Å². The van der Waals surface area contributed by atoms with Crippen LogP contribution in [0.5, 0.6) is 0 Å². The first-order chi connectivity index (χ1) is 10.1. The largest absolute Gasteiger partial charge is 0.378 e. The topological polar surface area (TPSA) is 24.8 Å². The zero-order valence-electron chi connectivity index (χ0n) is 13.2. The van der Waals surface area contributed by atoms with Gasteiger partial charge in [-0.15, -0.1) is 0 Å². The van der Waals surface area contributed by atoms with Gasteiger partial charge in [0.05, 0.1) is 18.9 Å². The highest BCUT2D eigenvalue weighted by Crippen LogP contribution is 2.24. The second kappa shape index (κ2) is 7.81. The van der Waals surface area contributed by atoms with Gasteiger partial charge in [0.25, 0.3) is 0 Å². The second-order valence-corrected chi connectivity index (χ2v) is 6.10. The van der Waals surface area contributed by atoms with Crippen molar-refractivity contribution in [3.8, 4) is 0 Å². The van der Waals surface area contributed by atoms with Crippen LogP contribution in [0.1, 0.15) is 32.3 Å². The SMILES string of the molecule is CCCC(C)C(=Nc1ccc(C)c(Cl)c1)N1CCOCC1. The molecule has 0 N–H and O–H groups in total. The molecule has 0 spiro atoms. The van der Waals surface area contributed by atoms with Gasteiger partial charge in [-0.3, -0.25) is 0 Å². The molecule has 21 heavy (non-hydrogen) atoms. The van der Waals surface area contributed by atoms with Gasteiger partial charge in [0.1, 0.15) is 5.84 Å². The molecule has 1 atom stereocenters. The normalized spacial score (nSPS) is 17.9. The summed E-state index contributed by atoms with van der Waals surface area (Å²) in [6.07, 6.45) is 2.31. The molecule has 1 saturated heterocycles. The van der Waals surface area contributed by atoms with Crippen LogP contribution in [0.25, 0.3) is 0 Å². The maximum absolute atomic E-state index is 6.22. The van der Waals surface area contributed by atoms with Crippen LogP contribution in [0.2, 0.25) is 5.02 Å². The Morgan fingerprint density at radius 1 is 1.38 bits per heavy atom. The fourth-order valence-electron chi connectivity index (χ4n) is 2.63. The minimum Gasteiger partial charge on any atom is -0.378 e. The summed E-state index contributed by atoms with van der Waals surface area (Å²) >= 11 is 6.22. The molecule has 0 amide bonds. The fourth-order valence-corrected chi connectivity index (χ4v) is 2.81. The van der Waals surface area contributed by atoms with Crippen molar-refractivity contribution in [1.29, 1.82) is 0 Å². The molecule has 1 aliphatic rings. The second-order valence-electron chi connectivity index (χ2n) is 5.69. The number of aryl methyl sites for hydroxylation is 1. The molecule has 1 aliphatic heterocycles. The number of benzene rings is 1. The molecule has 2 rings (SSSR count). The molecule has 0 aliphatic carbocycles. The van der Waals surface area contributed by atoms with Crippen LogP contribution in [-0.2, 0) is 4.74 Å². The Bertz CT molecular complexity index is 496. The van der Waals surface area contributed by atoms with Crippen molar-refractivity contribution in [2.75, 3.05) is 26.3 Å². The molecule has 1 unspecified atom stereocenters. The molecule has 1 aromatic rings. The van der Waals surface area contributed by atoms with Crippen molar-refractivity contribution in [3.63, 3.8) is 0 Å². The summed E-state index contributed by atoms with van der Waals surface area (Å²) in [5.41, 5.74) is 2.03. The molecule has 1 aromatic carbocycles. The van der Waals surface area contributed by atoms with E-state index in [1.54, 1.807) is 0 Å². The molecule has 4 heteroatoms. The van der Waals surface area contributed by atoms with Crippen LogP contribution >= 0.6 is 11.6 Å². The summed E-state index contributed by atoms with van der Waals surface area (Å²) in [6, 6.07) is 6.03. The number of halogens is 1. The summed E-state index contributed by atoms with van der Waals surface area (Å²) in [6.45, 7) is 9.90. The number of hydrogen-bond acceptors (Lipinski definition) is 2. The average Bonchev–Trinajstić information content (AvgIpc) is 2.49. The maximum Gasteiger partial charge on any atom is 0.108 e. The number of amidine groups is 1. The quantitative estimate of drug-likeness (QED) is 0.606. The molecule has 116 valence electrons. The summed E-state index contributed by atoms with van der Waals surface area (Å²) < 4.78 is 5.46. The van der Waals surface area contributed by atoms with Gasteiger partial charge in [-0.2, -0.15) is 0 Å². The Hall–Kier alpha value is -1.06. The van der Waals surface area contributed by atoms with E-state index >= 15 is 0 Å². The van der Waals surface area contributed by atoms with E-state index in [0.29, 0.717) is 5.92 Å². The van der Waals surface area contributed by atoms with E-state index in [-0.39, 0.29) is 0 Å². The summed E-state index contributed by atoms with van der Waals surface area (Å²) in [5.74, 6) is 1.62. The van der Waals surface area contributed by atoms with Crippen LogP contribution in [0.3, 0.4) is 0 Å². The zero-order chi connectivity index (χ0) is 15.2. The number of ether oxygens (including phenoxy) is 1. The van der Waals surface area contributed by atoms with E-state index in [2.05, 4.69) is 18.7 Å². The third-order valence-corrected chi connectivity index (χ3v) is 4.30. The number of aliphatic imine (C=N–C) groups is 1. The third kappa shape index (κ3) is 4.45. The zero-order valence-corrected chi connectivity index (χ0v) is 14.0. The lowest BCUT2D eigenvalue weighted by atomic mass is 10.0. The first kappa shape index (κ1) is 16.3. The highest BCUT2D eigenvalue weighted by Gasteiger charge is 2.20. The Kier molecular flexibility index (Phi) is 6.07. The molecule has 1 fully saturated rings. The molecule has 0 radical (unpaired) electrons. The van der Waals surface area contributed by atoms with Crippen molar-refractivity contribution in [2.45, 2.75) is 33.6 Å². The minimum atomic E-state index is 0.452. The number of morpholine rings is 1. The van der Waals surface area contributed by atoms with Crippen LogP contribution in [-0.4, -0.2) is 37.0 Å². The standard InChI is InChI=1S/C17H25ClN2O/c1-4-5-14(3)17(20-8-10-21-11-9-20)19-15-7-6-13(2)16(18)12-15/h6-7,12,14H,4-5,8-11H2,1-3H3. The van der Waals surface area contributed by atoms with Crippen molar-refractivity contribution in [3.05, 3.63) is 28.8 Å². The summed E-state index contributed by atoms with van der Waals surface area (Å²) in [4.78, 5) is 7.26. The first-order valence-corrected chi connectivity index (χ1v) is 8.17. The minimum absolute atomic E-state index is 0.452. The fraction of sp³-hybridized carbons (Fsp3) is 0.588. The Morgan fingerprint density at radius 3 is 2.71 bits per heavy atom. The molecular formula is C17H25ClN2O. The van der Waals surface area contributed by atoms with Gasteiger partial charge in [-0.05, 0) is 31.0 Å². The van der Waals surface area contributed by atoms with Crippen LogP contribution in [0, 0.1) is 12.8 Å². The lowest BCUT2D eigenvalue weighted by Crippen LogP contribution is -2.43. The van der Waals surface area contributed by atoms with Gasteiger partial charge in [0.15, 0.2) is 0 Å². The van der Waals surface area contributed by atoms with E-state index in [0.717, 1.165) is 49.0 Å². The van der Waals surface area contributed by atoms with Gasteiger partial charge in [-0.25, -0.2) is 4.99 Å². The van der Waals surface area contributed by atoms with Gasteiger partial charge in [0, 0.05) is 24.0 Å². The third-order valence-electron chi connectivity index (χ3n) is 3.90. The molecular weight excluding hydrogens is 284 g/mol. The molecule has 0 aromatic heterocycles. The van der Waals surface area contributed by atoms with Crippen molar-refractivity contribution < 1.29 is 4.74 Å². The van der Waals surface area contributed by atoms with Gasteiger partial charge >= 0.3 is 0 Å². The van der Waals surface area contributed by atoms with Crippen molar-refractivity contribution in [2.24, 2.45) is 10.9 Å². The Labute approximate surface area is 133 Å². The lowest BCUT2D eigenvalue weighted by molar-refractivity contribution is 0.0660. The van der Waals surface area contributed by atoms with Gasteiger partial charge in [-0.1, -0.05) is 37.9 Å². The van der Waals surface area contributed by atoms with E-state index in [9.17, 15) is 0 Å². The van der Waals surface area contributed by atoms with E-state index in [1.165, 1.54) is 12.3 Å². The summed E-state index contributed by atoms with van der Waals surface area (Å²) in [5, 5.41) is 0.778. The van der Waals surface area contributed by atoms with Gasteiger partial charge < -0.3 is 9.64 Å². The van der Waals surface area contributed by atoms with E-state index in [1.807, 2.05) is 25.1 Å². The highest BCUT2D eigenvalue weighted by atomic mass is 35.5. The maximum atomic E-state index is 6.22. The Morgan fingerprint density at radius 2 is 2.10 bits per heavy atom. The predicted molar refractivity (Wildman–Crippen MR) is 89.7 cm³/mol. The van der Waals surface area contributed by atoms with Crippen LogP contribution in [0.4, 0.5) is 5.69 Å². The number of nitrogens with zero attached hydrogens (tertiary/aromatic N) is 2. The lowest BCUT2D eigenvalue weighted by Gasteiger charge is -2.32. The first-order valence-electron chi connectivity index (χ1n) is 7.79. The Balaban J connectivity index is 2.27. The molecule has 0 saturated carbocycles. The molecule has 1 heterocycles. The highest BCUT2D eigenvalue weighted by molar-refractivity contribution is 6.31. The van der Waals surface area contributed by atoms with E-state index in [4.69, 9.17) is 21.3 Å². The van der Waals surface area contributed by atoms with Crippen LogP contribution < -0.4 is 0 Å². The number of hydrogen-bond donors (Lipinski definition) is 0. The number of rotatable bonds is 4. The molecule has 0 bridgehead atoms. The average molecular weight is 309 g/mol. The van der Waals surface area contributed by atoms with Crippen molar-refractivity contribution >= 4 is 23.1 Å².